The molecule has 0 N–H and O–H groups in total. The van der Waals surface area contributed by atoms with E-state index in [4.69, 9.17) is 4.42 Å². The molecule has 0 saturated carbocycles. The van der Waals surface area contributed by atoms with E-state index in [9.17, 15) is 0 Å². The zero-order valence-electron chi connectivity index (χ0n) is 11.6. The number of oxazole rings is 1. The molecule has 4 rings (SSSR count). The lowest BCUT2D eigenvalue weighted by Crippen LogP contribution is -2.38. The van der Waals surface area contributed by atoms with Gasteiger partial charge < -0.3 is 9.32 Å². The highest BCUT2D eigenvalue weighted by molar-refractivity contribution is 7.11. The van der Waals surface area contributed by atoms with Gasteiger partial charge in [0.15, 0.2) is 0 Å². The van der Waals surface area contributed by atoms with Gasteiger partial charge in [-0.25, -0.2) is 4.98 Å². The van der Waals surface area contributed by atoms with Crippen LogP contribution in [-0.4, -0.2) is 17.1 Å². The van der Waals surface area contributed by atoms with Crippen molar-refractivity contribution in [2.75, 3.05) is 4.90 Å². The first kappa shape index (κ1) is 12.2. The van der Waals surface area contributed by atoms with Crippen LogP contribution in [0.3, 0.4) is 0 Å². The lowest BCUT2D eigenvalue weighted by molar-refractivity contribution is 0.477. The Labute approximate surface area is 122 Å². The van der Waals surface area contributed by atoms with Crippen LogP contribution in [0.25, 0.3) is 5.57 Å². The van der Waals surface area contributed by atoms with E-state index in [1.165, 1.54) is 23.3 Å². The fraction of sp³-hybridized carbons (Fsp3) is 0.438. The van der Waals surface area contributed by atoms with Gasteiger partial charge in [0.2, 0.25) is 0 Å². The Morgan fingerprint density at radius 2 is 2.40 bits per heavy atom. The van der Waals surface area contributed by atoms with Crippen molar-refractivity contribution < 1.29 is 4.42 Å². The van der Waals surface area contributed by atoms with Crippen molar-refractivity contribution in [1.82, 2.24) is 4.98 Å². The number of anilines is 1. The maximum absolute atomic E-state index is 5.87. The summed E-state index contributed by atoms with van der Waals surface area (Å²) in [5.74, 6) is 0.979. The molecule has 104 valence electrons. The topological polar surface area (TPSA) is 29.3 Å². The van der Waals surface area contributed by atoms with Crippen LogP contribution in [0.5, 0.6) is 0 Å². The van der Waals surface area contributed by atoms with Gasteiger partial charge in [-0.15, -0.1) is 11.3 Å². The molecule has 2 aromatic rings. The third kappa shape index (κ3) is 1.90. The van der Waals surface area contributed by atoms with Crippen LogP contribution in [0.15, 0.2) is 34.2 Å². The van der Waals surface area contributed by atoms with Crippen LogP contribution in [0.2, 0.25) is 0 Å². The Morgan fingerprint density at radius 3 is 3.10 bits per heavy atom. The van der Waals surface area contributed by atoms with Gasteiger partial charge in [-0.05, 0) is 36.3 Å². The molecule has 4 heterocycles. The smallest absolute Gasteiger partial charge is 0.298 e. The molecule has 0 spiro atoms. The molecule has 0 aromatic carbocycles. The van der Waals surface area contributed by atoms with Crippen LogP contribution < -0.4 is 4.90 Å². The first-order valence-corrected chi connectivity index (χ1v) is 8.20. The fourth-order valence-electron chi connectivity index (χ4n) is 3.35. The van der Waals surface area contributed by atoms with E-state index >= 15 is 0 Å². The summed E-state index contributed by atoms with van der Waals surface area (Å²) in [6.45, 7) is 2.10. The van der Waals surface area contributed by atoms with Gasteiger partial charge in [-0.3, -0.25) is 0 Å². The molecule has 0 amide bonds. The molecule has 2 unspecified atom stereocenters. The summed E-state index contributed by atoms with van der Waals surface area (Å²) < 4.78 is 5.87. The van der Waals surface area contributed by atoms with Gasteiger partial charge in [-0.2, -0.15) is 0 Å². The molecule has 2 aliphatic rings. The average molecular weight is 286 g/mol. The third-order valence-electron chi connectivity index (χ3n) is 4.34. The van der Waals surface area contributed by atoms with Gasteiger partial charge in [0.05, 0.1) is 12.2 Å². The summed E-state index contributed by atoms with van der Waals surface area (Å²) in [6.07, 6.45) is 8.76. The van der Waals surface area contributed by atoms with Crippen LogP contribution in [0.4, 0.5) is 6.01 Å². The number of rotatable bonds is 3. The Morgan fingerprint density at radius 1 is 1.45 bits per heavy atom. The summed E-state index contributed by atoms with van der Waals surface area (Å²) in [7, 11) is 0. The van der Waals surface area contributed by atoms with Crippen LogP contribution in [-0.2, 0) is 6.42 Å². The number of aryl methyl sites for hydroxylation is 1. The van der Waals surface area contributed by atoms with Crippen molar-refractivity contribution in [2.24, 2.45) is 0 Å². The van der Waals surface area contributed by atoms with Crippen molar-refractivity contribution in [3.63, 3.8) is 0 Å². The van der Waals surface area contributed by atoms with Crippen LogP contribution in [0, 0.1) is 0 Å². The van der Waals surface area contributed by atoms with Crippen LogP contribution in [0.1, 0.15) is 36.8 Å². The number of aromatic nitrogens is 1. The SMILES string of the molecule is CCc1cnc(N2C3C=C(c4cccs4)CC2CC3)o1. The molecule has 3 nitrogen and oxygen atoms in total. The zero-order chi connectivity index (χ0) is 13.5. The molecule has 2 bridgehead atoms. The molecule has 20 heavy (non-hydrogen) atoms. The molecule has 0 aliphatic carbocycles. The zero-order valence-corrected chi connectivity index (χ0v) is 12.4. The summed E-state index contributed by atoms with van der Waals surface area (Å²) in [6, 6.07) is 6.18. The van der Waals surface area contributed by atoms with E-state index in [0.717, 1.165) is 24.6 Å². The summed E-state index contributed by atoms with van der Waals surface area (Å²) >= 11 is 1.84. The highest BCUT2D eigenvalue weighted by atomic mass is 32.1. The van der Waals surface area contributed by atoms with E-state index in [2.05, 4.69) is 40.4 Å². The second-order valence-electron chi connectivity index (χ2n) is 5.54. The molecular weight excluding hydrogens is 268 g/mol. The van der Waals surface area contributed by atoms with Gasteiger partial charge >= 0.3 is 0 Å². The predicted molar refractivity (Wildman–Crippen MR) is 82.1 cm³/mol. The van der Waals surface area contributed by atoms with E-state index in [1.54, 1.807) is 0 Å². The normalized spacial score (nSPS) is 25.1. The van der Waals surface area contributed by atoms with Crippen molar-refractivity contribution in [2.45, 2.75) is 44.7 Å². The number of hydrogen-bond donors (Lipinski definition) is 0. The maximum atomic E-state index is 5.87. The molecule has 0 radical (unpaired) electrons. The lowest BCUT2D eigenvalue weighted by Gasteiger charge is -2.32. The Hall–Kier alpha value is -1.55. The highest BCUT2D eigenvalue weighted by Crippen LogP contribution is 2.41. The summed E-state index contributed by atoms with van der Waals surface area (Å²) in [4.78, 5) is 8.28. The molecular formula is C16H18N2OS. The van der Waals surface area contributed by atoms with Crippen molar-refractivity contribution >= 4 is 22.9 Å². The quantitative estimate of drug-likeness (QED) is 0.850. The second kappa shape index (κ2) is 4.77. The third-order valence-corrected chi connectivity index (χ3v) is 5.29. The molecule has 1 saturated heterocycles. The average Bonchev–Trinajstić information content (AvgIpc) is 3.17. The molecule has 2 atom stereocenters. The summed E-state index contributed by atoms with van der Waals surface area (Å²) in [5, 5.41) is 2.16. The maximum Gasteiger partial charge on any atom is 0.298 e. The van der Waals surface area contributed by atoms with Crippen molar-refractivity contribution in [1.29, 1.82) is 0 Å². The Balaban J connectivity index is 1.65. The monoisotopic (exact) mass is 286 g/mol. The highest BCUT2D eigenvalue weighted by Gasteiger charge is 2.39. The second-order valence-corrected chi connectivity index (χ2v) is 6.49. The van der Waals surface area contributed by atoms with Gasteiger partial charge in [0.25, 0.3) is 6.01 Å². The summed E-state index contributed by atoms with van der Waals surface area (Å²) in [5.41, 5.74) is 1.51. The lowest BCUT2D eigenvalue weighted by atomic mass is 10.0. The minimum absolute atomic E-state index is 0.453. The Bertz CT molecular complexity index is 629. The molecule has 2 aromatic heterocycles. The minimum Gasteiger partial charge on any atom is -0.429 e. The number of nitrogens with zero attached hydrogens (tertiary/aromatic N) is 2. The van der Waals surface area contributed by atoms with E-state index in [-0.39, 0.29) is 0 Å². The Kier molecular flexibility index (Phi) is 2.91. The fourth-order valence-corrected chi connectivity index (χ4v) is 4.12. The minimum atomic E-state index is 0.453. The number of thiophene rings is 1. The number of fused-ring (bicyclic) bond motifs is 2. The van der Waals surface area contributed by atoms with Crippen molar-refractivity contribution in [3.8, 4) is 0 Å². The molecule has 2 aliphatic heterocycles. The van der Waals surface area contributed by atoms with Gasteiger partial charge in [0, 0.05) is 17.3 Å². The van der Waals surface area contributed by atoms with Gasteiger partial charge in [-0.1, -0.05) is 19.1 Å². The van der Waals surface area contributed by atoms with E-state index in [0.29, 0.717) is 12.1 Å². The standard InChI is InChI=1S/C16H18N2OS/c1-2-14-10-17-16(19-14)18-12-5-6-13(18)9-11(8-12)15-4-3-7-20-15/h3-4,7-8,10,12-13H,2,5-6,9H2,1H3. The van der Waals surface area contributed by atoms with Crippen molar-refractivity contribution in [3.05, 3.63) is 40.4 Å². The van der Waals surface area contributed by atoms with Crippen LogP contribution >= 0.6 is 11.3 Å². The predicted octanol–water partition coefficient (Wildman–Crippen LogP) is 4.12. The largest absolute Gasteiger partial charge is 0.429 e. The molecule has 4 heteroatoms. The molecule has 1 fully saturated rings. The number of hydrogen-bond acceptors (Lipinski definition) is 4. The first-order chi connectivity index (χ1) is 9.85. The van der Waals surface area contributed by atoms with Gasteiger partial charge in [0.1, 0.15) is 5.76 Å². The van der Waals surface area contributed by atoms with E-state index in [1.807, 2.05) is 17.5 Å². The van der Waals surface area contributed by atoms with E-state index < -0.39 is 0 Å². The first-order valence-electron chi connectivity index (χ1n) is 7.32.